The zero-order valence-electron chi connectivity index (χ0n) is 16.7. The Labute approximate surface area is 179 Å². The van der Waals surface area contributed by atoms with Crippen LogP contribution in [0.5, 0.6) is 5.75 Å². The van der Waals surface area contributed by atoms with E-state index < -0.39 is 12.6 Å². The number of aliphatic hydroxyl groups excluding tert-OH is 1. The number of anilines is 2. The lowest BCUT2D eigenvalue weighted by atomic mass is 9.89. The van der Waals surface area contributed by atoms with Gasteiger partial charge in [0.25, 0.3) is 5.91 Å². The third kappa shape index (κ3) is 4.46. The number of carbonyl (C=O) groups is 2. The molecule has 3 aromatic rings. The number of hydrogen-bond donors (Lipinski definition) is 2. The molecule has 156 valence electrons. The van der Waals surface area contributed by atoms with E-state index in [-0.39, 0.29) is 5.91 Å². The highest BCUT2D eigenvalue weighted by Gasteiger charge is 2.24. The number of carbonyl (C=O) groups excluding carboxylic acids is 2. The standard InChI is InChI=1S/C24H21N3O4/c28-16-23(29)31-22-13-5-10-19-20(22)11-4-12-21(19)24(30)26-27(17-7-2-1-3-8-17)18-9-6-14-25-15-18/h1-3,5-10,12-15,28H,4,11,16H2,(H,26,30). The first-order valence-electron chi connectivity index (χ1n) is 9.87. The van der Waals surface area contributed by atoms with Crippen molar-refractivity contribution in [2.24, 2.45) is 0 Å². The van der Waals surface area contributed by atoms with Gasteiger partial charge >= 0.3 is 5.97 Å². The Bertz CT molecular complexity index is 1070. The van der Waals surface area contributed by atoms with Crippen molar-refractivity contribution in [3.8, 4) is 5.75 Å². The van der Waals surface area contributed by atoms with Crippen LogP contribution < -0.4 is 15.2 Å². The normalized spacial score (nSPS) is 12.4. The molecule has 2 aromatic carbocycles. The zero-order valence-corrected chi connectivity index (χ0v) is 16.7. The number of amides is 1. The average Bonchev–Trinajstić information content (AvgIpc) is 2.83. The Balaban J connectivity index is 1.65. The van der Waals surface area contributed by atoms with E-state index in [0.29, 0.717) is 35.4 Å². The quantitative estimate of drug-likeness (QED) is 0.365. The molecule has 0 spiro atoms. The van der Waals surface area contributed by atoms with Gasteiger partial charge in [0.2, 0.25) is 0 Å². The van der Waals surface area contributed by atoms with Crippen LogP contribution in [0.25, 0.3) is 5.57 Å². The summed E-state index contributed by atoms with van der Waals surface area (Å²) in [5, 5.41) is 10.7. The highest BCUT2D eigenvalue weighted by molar-refractivity contribution is 6.21. The van der Waals surface area contributed by atoms with Crippen LogP contribution in [-0.2, 0) is 16.0 Å². The maximum atomic E-state index is 13.3. The van der Waals surface area contributed by atoms with Crippen LogP contribution in [0.2, 0.25) is 0 Å². The van der Waals surface area contributed by atoms with Gasteiger partial charge in [-0.2, -0.15) is 0 Å². The van der Waals surface area contributed by atoms with Crippen molar-refractivity contribution in [1.29, 1.82) is 0 Å². The number of esters is 1. The second-order valence-corrected chi connectivity index (χ2v) is 6.89. The molecule has 0 aliphatic heterocycles. The van der Waals surface area contributed by atoms with Gasteiger partial charge in [0, 0.05) is 17.3 Å². The SMILES string of the molecule is O=C(CO)Oc1cccc2c1CCC=C2C(=O)NN(c1ccccc1)c1cccnc1. The van der Waals surface area contributed by atoms with Crippen LogP contribution in [0.15, 0.2) is 79.1 Å². The van der Waals surface area contributed by atoms with Gasteiger partial charge in [-0.05, 0) is 48.7 Å². The summed E-state index contributed by atoms with van der Waals surface area (Å²) < 4.78 is 5.24. The molecular formula is C24H21N3O4. The van der Waals surface area contributed by atoms with Crippen LogP contribution in [0.4, 0.5) is 11.4 Å². The van der Waals surface area contributed by atoms with Gasteiger partial charge in [-0.15, -0.1) is 0 Å². The van der Waals surface area contributed by atoms with Crippen molar-refractivity contribution >= 4 is 28.8 Å². The molecule has 0 fully saturated rings. The lowest BCUT2D eigenvalue weighted by Crippen LogP contribution is -2.39. The Hall–Kier alpha value is -3.97. The zero-order chi connectivity index (χ0) is 21.6. The molecule has 0 saturated heterocycles. The van der Waals surface area contributed by atoms with E-state index in [1.54, 1.807) is 35.6 Å². The third-order valence-electron chi connectivity index (χ3n) is 4.90. The number of ether oxygens (including phenoxy) is 1. The fraction of sp³-hybridized carbons (Fsp3) is 0.125. The van der Waals surface area contributed by atoms with Crippen molar-refractivity contribution in [3.05, 3.63) is 90.3 Å². The molecule has 1 aromatic heterocycles. The van der Waals surface area contributed by atoms with Gasteiger partial charge in [0.05, 0.1) is 17.6 Å². The maximum Gasteiger partial charge on any atom is 0.337 e. The number of hydrazine groups is 1. The molecule has 1 heterocycles. The summed E-state index contributed by atoms with van der Waals surface area (Å²) in [6.45, 7) is -0.704. The molecule has 1 aliphatic carbocycles. The number of aromatic nitrogens is 1. The molecule has 2 N–H and O–H groups in total. The first-order valence-corrected chi connectivity index (χ1v) is 9.87. The maximum absolute atomic E-state index is 13.3. The van der Waals surface area contributed by atoms with E-state index in [2.05, 4.69) is 10.4 Å². The van der Waals surface area contributed by atoms with Gasteiger partial charge in [-0.25, -0.2) is 4.79 Å². The van der Waals surface area contributed by atoms with Crippen molar-refractivity contribution in [2.45, 2.75) is 12.8 Å². The van der Waals surface area contributed by atoms with Crippen LogP contribution in [0, 0.1) is 0 Å². The number of fused-ring (bicyclic) bond motifs is 1. The predicted octanol–water partition coefficient (Wildman–Crippen LogP) is 3.18. The highest BCUT2D eigenvalue weighted by atomic mass is 16.5. The lowest BCUT2D eigenvalue weighted by molar-refractivity contribution is -0.137. The Morgan fingerprint density at radius 2 is 1.84 bits per heavy atom. The first-order chi connectivity index (χ1) is 15.2. The molecule has 0 saturated carbocycles. The molecule has 1 amide bonds. The molecule has 1 aliphatic rings. The summed E-state index contributed by atoms with van der Waals surface area (Å²) in [6.07, 6.45) is 6.47. The second kappa shape index (κ2) is 9.23. The summed E-state index contributed by atoms with van der Waals surface area (Å²) in [4.78, 5) is 29.0. The minimum absolute atomic E-state index is 0.292. The van der Waals surface area contributed by atoms with E-state index in [9.17, 15) is 9.59 Å². The molecule has 7 nitrogen and oxygen atoms in total. The number of para-hydroxylation sites is 1. The van der Waals surface area contributed by atoms with Gasteiger partial charge in [-0.1, -0.05) is 36.4 Å². The number of pyridine rings is 1. The molecule has 0 atom stereocenters. The van der Waals surface area contributed by atoms with Gasteiger partial charge in [-0.3, -0.25) is 20.2 Å². The van der Waals surface area contributed by atoms with Crippen molar-refractivity contribution in [1.82, 2.24) is 10.4 Å². The van der Waals surface area contributed by atoms with Gasteiger partial charge in [0.15, 0.2) is 0 Å². The van der Waals surface area contributed by atoms with Crippen LogP contribution in [-0.4, -0.2) is 28.6 Å². The number of benzene rings is 2. The van der Waals surface area contributed by atoms with E-state index in [1.807, 2.05) is 48.5 Å². The van der Waals surface area contributed by atoms with E-state index >= 15 is 0 Å². The fourth-order valence-electron chi connectivity index (χ4n) is 3.52. The molecule has 4 rings (SSSR count). The molecule has 0 unspecified atom stereocenters. The van der Waals surface area contributed by atoms with E-state index in [4.69, 9.17) is 9.84 Å². The van der Waals surface area contributed by atoms with Gasteiger partial charge < -0.3 is 9.84 Å². The monoisotopic (exact) mass is 415 g/mol. The van der Waals surface area contributed by atoms with E-state index in [0.717, 1.165) is 11.3 Å². The van der Waals surface area contributed by atoms with Crippen LogP contribution >= 0.6 is 0 Å². The minimum Gasteiger partial charge on any atom is -0.425 e. The van der Waals surface area contributed by atoms with Crippen molar-refractivity contribution in [2.75, 3.05) is 11.6 Å². The third-order valence-corrected chi connectivity index (χ3v) is 4.90. The molecule has 0 bridgehead atoms. The molecular weight excluding hydrogens is 394 g/mol. The van der Waals surface area contributed by atoms with E-state index in [1.165, 1.54) is 0 Å². The number of nitrogens with one attached hydrogen (secondary N) is 1. The summed E-state index contributed by atoms with van der Waals surface area (Å²) in [5.41, 5.74) is 6.43. The summed E-state index contributed by atoms with van der Waals surface area (Å²) in [7, 11) is 0. The minimum atomic E-state index is -0.735. The number of allylic oxidation sites excluding steroid dienone is 1. The molecule has 31 heavy (non-hydrogen) atoms. The Morgan fingerprint density at radius 3 is 2.58 bits per heavy atom. The summed E-state index contributed by atoms with van der Waals surface area (Å²) >= 11 is 0. The first kappa shape index (κ1) is 20.3. The molecule has 7 heteroatoms. The van der Waals surface area contributed by atoms with Crippen LogP contribution in [0.3, 0.4) is 0 Å². The summed E-state index contributed by atoms with van der Waals surface area (Å²) in [5.74, 6) is -0.665. The summed E-state index contributed by atoms with van der Waals surface area (Å²) in [6, 6.07) is 18.3. The predicted molar refractivity (Wildman–Crippen MR) is 116 cm³/mol. The molecule has 0 radical (unpaired) electrons. The number of hydrogen-bond acceptors (Lipinski definition) is 6. The second-order valence-electron chi connectivity index (χ2n) is 6.89. The number of rotatable bonds is 6. The average molecular weight is 415 g/mol. The number of aliphatic hydroxyl groups is 1. The lowest BCUT2D eigenvalue weighted by Gasteiger charge is -2.27. The number of nitrogens with zero attached hydrogens (tertiary/aromatic N) is 2. The smallest absolute Gasteiger partial charge is 0.337 e. The van der Waals surface area contributed by atoms with Crippen molar-refractivity contribution < 1.29 is 19.4 Å². The van der Waals surface area contributed by atoms with Crippen molar-refractivity contribution in [3.63, 3.8) is 0 Å². The largest absolute Gasteiger partial charge is 0.425 e. The Morgan fingerprint density at radius 1 is 1.03 bits per heavy atom. The Kier molecular flexibility index (Phi) is 6.05. The van der Waals surface area contributed by atoms with Crippen LogP contribution in [0.1, 0.15) is 17.5 Å². The topological polar surface area (TPSA) is 91.8 Å². The fourth-order valence-corrected chi connectivity index (χ4v) is 3.52. The highest BCUT2D eigenvalue weighted by Crippen LogP contribution is 2.34. The van der Waals surface area contributed by atoms with Gasteiger partial charge in [0.1, 0.15) is 12.4 Å².